The van der Waals surface area contributed by atoms with Gasteiger partial charge in [-0.15, -0.1) is 0 Å². The lowest BCUT2D eigenvalue weighted by Gasteiger charge is -2.30. The number of ether oxygens (including phenoxy) is 3. The predicted octanol–water partition coefficient (Wildman–Crippen LogP) is -1.23. The second-order valence-corrected chi connectivity index (χ2v) is 4.73. The van der Waals surface area contributed by atoms with Crippen LogP contribution in [0.4, 0.5) is 0 Å². The Morgan fingerprint density at radius 1 is 1.06 bits per heavy atom. The van der Waals surface area contributed by atoms with Crippen molar-refractivity contribution in [3.05, 3.63) is 0 Å². The van der Waals surface area contributed by atoms with Crippen LogP contribution in [-0.4, -0.2) is 47.8 Å². The molecule has 10 heteroatoms. The highest BCUT2D eigenvalue weighted by molar-refractivity contribution is 7.53. The van der Waals surface area contributed by atoms with Gasteiger partial charge in [-0.2, -0.15) is 0 Å². The third-order valence-corrected chi connectivity index (χ3v) is 3.37. The lowest BCUT2D eigenvalue weighted by atomic mass is 10.2. The molecule has 0 saturated heterocycles. The molecule has 1 unspecified atom stereocenters. The fraction of sp³-hybridized carbons (Fsp3) is 0.571. The van der Waals surface area contributed by atoms with E-state index in [1.54, 1.807) is 0 Å². The normalized spacial score (nSPS) is 14.2. The van der Waals surface area contributed by atoms with E-state index in [1.807, 2.05) is 0 Å². The summed E-state index contributed by atoms with van der Waals surface area (Å²) in [6, 6.07) is 0. The van der Waals surface area contributed by atoms with Gasteiger partial charge in [0.1, 0.15) is 6.61 Å². The number of rotatable bonds is 10. The molecule has 0 rings (SSSR count). The molecule has 0 aliphatic carbocycles. The molecule has 98 valence electrons. The third-order valence-electron chi connectivity index (χ3n) is 1.85. The van der Waals surface area contributed by atoms with E-state index in [9.17, 15) is 18.9 Å². The molecule has 0 fully saturated rings. The zero-order valence-electron chi connectivity index (χ0n) is 8.55. The molecule has 9 nitrogen and oxygen atoms in total. The summed E-state index contributed by atoms with van der Waals surface area (Å²) in [5, 5.41) is -2.35. The van der Waals surface area contributed by atoms with Crippen LogP contribution in [-0.2, 0) is 33.2 Å². The zero-order chi connectivity index (χ0) is 13.4. The average molecular weight is 270 g/mol. The van der Waals surface area contributed by atoms with Gasteiger partial charge in [-0.05, 0) is 0 Å². The van der Waals surface area contributed by atoms with E-state index in [4.69, 9.17) is 9.79 Å². The second-order valence-electron chi connectivity index (χ2n) is 2.83. The van der Waals surface area contributed by atoms with Crippen LogP contribution in [0.1, 0.15) is 6.42 Å². The van der Waals surface area contributed by atoms with Gasteiger partial charge in [-0.1, -0.05) is 0 Å². The molecule has 1 atom stereocenters. The van der Waals surface area contributed by atoms with Crippen LogP contribution in [0.5, 0.6) is 0 Å². The van der Waals surface area contributed by atoms with Crippen molar-refractivity contribution in [2.24, 2.45) is 0 Å². The average Bonchev–Trinajstić information content (AvgIpc) is 2.24. The van der Waals surface area contributed by atoms with E-state index in [2.05, 4.69) is 14.2 Å². The Balaban J connectivity index is 4.93. The van der Waals surface area contributed by atoms with Crippen molar-refractivity contribution in [1.29, 1.82) is 0 Å². The molecule has 0 aromatic carbocycles. The molecular formula is C7H11O9P. The van der Waals surface area contributed by atoms with Crippen LogP contribution in [0.2, 0.25) is 0 Å². The Bertz CT molecular complexity index is 310. The van der Waals surface area contributed by atoms with E-state index in [1.165, 1.54) is 0 Å². The molecule has 0 heterocycles. The monoisotopic (exact) mass is 270 g/mol. The van der Waals surface area contributed by atoms with Gasteiger partial charge in [0.05, 0.1) is 6.61 Å². The predicted molar refractivity (Wildman–Crippen MR) is 50.6 cm³/mol. The summed E-state index contributed by atoms with van der Waals surface area (Å²) >= 11 is 0. The number of hydrogen-bond donors (Lipinski definition) is 2. The molecule has 0 aromatic rings. The van der Waals surface area contributed by atoms with Gasteiger partial charge in [0.15, 0.2) is 0 Å². The first-order valence-electron chi connectivity index (χ1n) is 4.21. The van der Waals surface area contributed by atoms with Gasteiger partial charge in [-0.25, -0.2) is 0 Å². The first-order chi connectivity index (χ1) is 7.93. The van der Waals surface area contributed by atoms with Crippen LogP contribution in [0.3, 0.4) is 0 Å². The maximum absolute atomic E-state index is 11.2. The highest BCUT2D eigenvalue weighted by atomic mass is 31.2. The molecule has 0 spiro atoms. The van der Waals surface area contributed by atoms with Crippen molar-refractivity contribution >= 4 is 27.0 Å². The molecule has 0 aliphatic rings. The lowest BCUT2D eigenvalue weighted by Crippen LogP contribution is -2.38. The summed E-state index contributed by atoms with van der Waals surface area (Å²) in [5.41, 5.74) is 0. The maximum atomic E-state index is 11.2. The quantitative estimate of drug-likeness (QED) is 0.216. The van der Waals surface area contributed by atoms with Crippen molar-refractivity contribution in [3.63, 3.8) is 0 Å². The Morgan fingerprint density at radius 3 is 2.06 bits per heavy atom. The minimum Gasteiger partial charge on any atom is -0.468 e. The van der Waals surface area contributed by atoms with Gasteiger partial charge in [0.25, 0.3) is 19.4 Å². The largest absolute Gasteiger partial charge is 0.468 e. The Hall–Kier alpha value is -1.44. The van der Waals surface area contributed by atoms with Crippen molar-refractivity contribution in [3.8, 4) is 0 Å². The maximum Gasteiger partial charge on any atom is 0.372 e. The standard InChI is InChI=1S/C7H11O9P/c8-4-14-2-1-7(16-6-10,3-15-5-9)17(11,12)13/h4-6H,1-3H2,(H2,11,12,13). The molecule has 0 radical (unpaired) electrons. The van der Waals surface area contributed by atoms with Crippen molar-refractivity contribution in [2.45, 2.75) is 11.8 Å². The summed E-state index contributed by atoms with van der Waals surface area (Å²) < 4.78 is 24.0. The molecule has 0 aromatic heterocycles. The first kappa shape index (κ1) is 15.6. The fourth-order valence-corrected chi connectivity index (χ4v) is 1.79. The van der Waals surface area contributed by atoms with Gasteiger partial charge < -0.3 is 24.0 Å². The molecule has 17 heavy (non-hydrogen) atoms. The summed E-state index contributed by atoms with van der Waals surface area (Å²) in [6.45, 7) is -1.44. The van der Waals surface area contributed by atoms with Crippen LogP contribution in [0.15, 0.2) is 0 Å². The minimum atomic E-state index is -4.93. The van der Waals surface area contributed by atoms with Crippen LogP contribution >= 0.6 is 7.60 Å². The van der Waals surface area contributed by atoms with E-state index in [0.717, 1.165) is 0 Å². The summed E-state index contributed by atoms with van der Waals surface area (Å²) in [6.07, 6.45) is -0.511. The van der Waals surface area contributed by atoms with E-state index in [-0.39, 0.29) is 19.4 Å². The van der Waals surface area contributed by atoms with E-state index < -0.39 is 32.6 Å². The highest BCUT2D eigenvalue weighted by Gasteiger charge is 2.50. The van der Waals surface area contributed by atoms with Gasteiger partial charge in [0, 0.05) is 6.42 Å². The molecular weight excluding hydrogens is 259 g/mol. The van der Waals surface area contributed by atoms with Crippen molar-refractivity contribution in [1.82, 2.24) is 0 Å². The van der Waals surface area contributed by atoms with Gasteiger partial charge in [-0.3, -0.25) is 18.9 Å². The Labute approximate surface area is 95.8 Å². The zero-order valence-corrected chi connectivity index (χ0v) is 9.45. The number of hydrogen-bond acceptors (Lipinski definition) is 7. The molecule has 0 aliphatic heterocycles. The molecule has 0 bridgehead atoms. The van der Waals surface area contributed by atoms with Gasteiger partial charge in [0.2, 0.25) is 5.34 Å². The summed E-state index contributed by atoms with van der Waals surface area (Å²) in [7, 11) is -4.93. The second kappa shape index (κ2) is 7.00. The Kier molecular flexibility index (Phi) is 6.40. The molecule has 0 amide bonds. The molecule has 0 saturated carbocycles. The SMILES string of the molecule is O=COCCC(COC=O)(OC=O)P(=O)(O)O. The van der Waals surface area contributed by atoms with Crippen LogP contribution < -0.4 is 0 Å². The molecule has 2 N–H and O–H groups in total. The first-order valence-corrected chi connectivity index (χ1v) is 5.82. The van der Waals surface area contributed by atoms with Crippen molar-refractivity contribution in [2.75, 3.05) is 13.2 Å². The smallest absolute Gasteiger partial charge is 0.372 e. The van der Waals surface area contributed by atoms with Crippen molar-refractivity contribution < 1.29 is 42.9 Å². The Morgan fingerprint density at radius 2 is 1.65 bits per heavy atom. The van der Waals surface area contributed by atoms with E-state index >= 15 is 0 Å². The number of carbonyl (C=O) groups is 3. The number of carbonyl (C=O) groups excluding carboxylic acids is 3. The van der Waals surface area contributed by atoms with Crippen LogP contribution in [0.25, 0.3) is 0 Å². The topological polar surface area (TPSA) is 136 Å². The summed E-state index contributed by atoms with van der Waals surface area (Å²) in [4.78, 5) is 48.3. The summed E-state index contributed by atoms with van der Waals surface area (Å²) in [5.74, 6) is 0. The third kappa shape index (κ3) is 4.51. The van der Waals surface area contributed by atoms with Crippen LogP contribution in [0, 0.1) is 0 Å². The van der Waals surface area contributed by atoms with E-state index in [0.29, 0.717) is 0 Å². The fourth-order valence-electron chi connectivity index (χ4n) is 0.984. The van der Waals surface area contributed by atoms with Gasteiger partial charge >= 0.3 is 7.60 Å². The minimum absolute atomic E-state index is 0.0564. The highest BCUT2D eigenvalue weighted by Crippen LogP contribution is 2.53. The lowest BCUT2D eigenvalue weighted by molar-refractivity contribution is -0.150.